The summed E-state index contributed by atoms with van der Waals surface area (Å²) in [6, 6.07) is 0. The summed E-state index contributed by atoms with van der Waals surface area (Å²) in [5.74, 6) is 0.140. The van der Waals surface area contributed by atoms with Crippen molar-refractivity contribution in [2.75, 3.05) is 13.1 Å². The Kier molecular flexibility index (Phi) is 15.3. The van der Waals surface area contributed by atoms with Gasteiger partial charge in [-0.25, -0.2) is 4.79 Å². The Labute approximate surface area is 177 Å². The van der Waals surface area contributed by atoms with Crippen LogP contribution in [0.2, 0.25) is 0 Å². The fourth-order valence-corrected chi connectivity index (χ4v) is 3.91. The molecule has 29 heavy (non-hydrogen) atoms. The summed E-state index contributed by atoms with van der Waals surface area (Å²) in [5, 5.41) is 8.71. The molecule has 1 N–H and O–H groups in total. The molecule has 168 valence electrons. The van der Waals surface area contributed by atoms with E-state index in [0.29, 0.717) is 19.4 Å². The van der Waals surface area contributed by atoms with Crippen molar-refractivity contribution in [1.82, 2.24) is 4.90 Å². The third kappa shape index (κ3) is 14.2. The largest absolute Gasteiger partial charge is 0.506 e. The minimum Gasteiger partial charge on any atom is -0.450 e. The molecule has 1 aliphatic rings. The summed E-state index contributed by atoms with van der Waals surface area (Å²) in [6.07, 6.45) is 21.4. The Hall–Kier alpha value is -1.52. The van der Waals surface area contributed by atoms with Gasteiger partial charge < -0.3 is 14.7 Å². The second kappa shape index (κ2) is 17.3. The highest BCUT2D eigenvalue weighted by Crippen LogP contribution is 2.16. The van der Waals surface area contributed by atoms with Crippen molar-refractivity contribution in [3.05, 3.63) is 12.2 Å². The SMILES string of the molecule is CCCCCCCC/C=C\CCCCCCCC(=O)N1CCCC(OC(=O)O)C1. The zero-order valence-electron chi connectivity index (χ0n) is 18.6. The predicted molar refractivity (Wildman–Crippen MR) is 118 cm³/mol. The maximum absolute atomic E-state index is 12.3. The van der Waals surface area contributed by atoms with Gasteiger partial charge >= 0.3 is 6.16 Å². The smallest absolute Gasteiger partial charge is 0.450 e. The van der Waals surface area contributed by atoms with Crippen LogP contribution < -0.4 is 0 Å². The van der Waals surface area contributed by atoms with Crippen molar-refractivity contribution < 1.29 is 19.4 Å². The lowest BCUT2D eigenvalue weighted by atomic mass is 10.1. The molecule has 1 unspecified atom stereocenters. The zero-order valence-corrected chi connectivity index (χ0v) is 18.6. The first-order chi connectivity index (χ1) is 14.1. The van der Waals surface area contributed by atoms with Gasteiger partial charge in [0.15, 0.2) is 0 Å². The van der Waals surface area contributed by atoms with Gasteiger partial charge in [0.25, 0.3) is 0 Å². The van der Waals surface area contributed by atoms with Gasteiger partial charge in [-0.3, -0.25) is 4.79 Å². The second-order valence-corrected chi connectivity index (χ2v) is 8.32. The second-order valence-electron chi connectivity index (χ2n) is 8.32. The van der Waals surface area contributed by atoms with Crippen LogP contribution >= 0.6 is 0 Å². The van der Waals surface area contributed by atoms with E-state index in [2.05, 4.69) is 19.1 Å². The number of unbranched alkanes of at least 4 members (excludes halogenated alkanes) is 11. The van der Waals surface area contributed by atoms with Crippen molar-refractivity contribution >= 4 is 12.1 Å². The number of hydrogen-bond donors (Lipinski definition) is 1. The highest BCUT2D eigenvalue weighted by Gasteiger charge is 2.25. The molecule has 0 saturated carbocycles. The summed E-state index contributed by atoms with van der Waals surface area (Å²) >= 11 is 0. The lowest BCUT2D eigenvalue weighted by Crippen LogP contribution is -2.43. The number of ether oxygens (including phenoxy) is 1. The lowest BCUT2D eigenvalue weighted by molar-refractivity contribution is -0.134. The molecule has 1 heterocycles. The number of carboxylic acid groups (broad SMARTS) is 1. The summed E-state index contributed by atoms with van der Waals surface area (Å²) in [7, 11) is 0. The summed E-state index contributed by atoms with van der Waals surface area (Å²) < 4.78 is 4.82. The maximum atomic E-state index is 12.3. The van der Waals surface area contributed by atoms with E-state index in [1.54, 1.807) is 4.90 Å². The molecule has 0 aromatic heterocycles. The van der Waals surface area contributed by atoms with Crippen molar-refractivity contribution in [3.8, 4) is 0 Å². The van der Waals surface area contributed by atoms with Gasteiger partial charge in [0.1, 0.15) is 6.10 Å². The standard InChI is InChI=1S/C24H43NO4/c1-2-3-4-5-6-7-8-9-10-11-12-13-14-15-16-19-23(26)25-20-17-18-22(21-25)29-24(27)28/h9-10,22H,2-8,11-21H2,1H3,(H,27,28)/b10-9-. The van der Waals surface area contributed by atoms with E-state index in [1.165, 1.54) is 70.6 Å². The molecule has 0 aliphatic carbocycles. The highest BCUT2D eigenvalue weighted by atomic mass is 16.7. The first kappa shape index (κ1) is 25.5. The van der Waals surface area contributed by atoms with Crippen LogP contribution in [0.5, 0.6) is 0 Å². The quantitative estimate of drug-likeness (QED) is 0.175. The van der Waals surface area contributed by atoms with E-state index in [-0.39, 0.29) is 12.0 Å². The van der Waals surface area contributed by atoms with Crippen LogP contribution in [0.3, 0.4) is 0 Å². The van der Waals surface area contributed by atoms with E-state index < -0.39 is 6.16 Å². The Balaban J connectivity index is 1.92. The Bertz CT molecular complexity index is 464. The number of piperidine rings is 1. The highest BCUT2D eigenvalue weighted by molar-refractivity contribution is 5.76. The van der Waals surface area contributed by atoms with Crippen LogP contribution in [-0.2, 0) is 9.53 Å². The lowest BCUT2D eigenvalue weighted by Gasteiger charge is -2.31. The number of nitrogens with zero attached hydrogens (tertiary/aromatic N) is 1. The van der Waals surface area contributed by atoms with Crippen molar-refractivity contribution in [3.63, 3.8) is 0 Å². The molecule has 1 fully saturated rings. The number of carbonyl (C=O) groups excluding carboxylic acids is 1. The monoisotopic (exact) mass is 409 g/mol. The van der Waals surface area contributed by atoms with E-state index in [4.69, 9.17) is 9.84 Å². The van der Waals surface area contributed by atoms with Gasteiger partial charge in [-0.15, -0.1) is 0 Å². The van der Waals surface area contributed by atoms with Crippen LogP contribution in [0.1, 0.15) is 110 Å². The molecule has 1 atom stereocenters. The van der Waals surface area contributed by atoms with E-state index in [1.807, 2.05) is 0 Å². The molecule has 1 amide bonds. The van der Waals surface area contributed by atoms with E-state index in [9.17, 15) is 9.59 Å². The Morgan fingerprint density at radius 2 is 1.52 bits per heavy atom. The van der Waals surface area contributed by atoms with Gasteiger partial charge in [-0.05, 0) is 44.9 Å². The number of allylic oxidation sites excluding steroid dienone is 2. The predicted octanol–water partition coefficient (Wildman–Crippen LogP) is 6.71. The van der Waals surface area contributed by atoms with Crippen molar-refractivity contribution in [2.45, 2.75) is 116 Å². The first-order valence-corrected chi connectivity index (χ1v) is 12.0. The van der Waals surface area contributed by atoms with Crippen molar-refractivity contribution in [1.29, 1.82) is 0 Å². The third-order valence-electron chi connectivity index (χ3n) is 5.65. The van der Waals surface area contributed by atoms with Crippen LogP contribution in [-0.4, -0.2) is 41.3 Å². The molecule has 0 radical (unpaired) electrons. The minimum absolute atomic E-state index is 0.140. The molecule has 1 aliphatic heterocycles. The molecule has 5 nitrogen and oxygen atoms in total. The fourth-order valence-electron chi connectivity index (χ4n) is 3.91. The normalized spacial score (nSPS) is 17.0. The number of amides is 1. The number of hydrogen-bond acceptors (Lipinski definition) is 3. The number of carbonyl (C=O) groups is 2. The van der Waals surface area contributed by atoms with E-state index in [0.717, 1.165) is 25.8 Å². The molecule has 1 rings (SSSR count). The van der Waals surface area contributed by atoms with Gasteiger partial charge in [0.05, 0.1) is 6.54 Å². The first-order valence-electron chi connectivity index (χ1n) is 12.0. The third-order valence-corrected chi connectivity index (χ3v) is 5.65. The Morgan fingerprint density at radius 3 is 2.14 bits per heavy atom. The maximum Gasteiger partial charge on any atom is 0.506 e. The zero-order chi connectivity index (χ0) is 21.2. The molecular formula is C24H43NO4. The van der Waals surface area contributed by atoms with Crippen LogP contribution in [0, 0.1) is 0 Å². The number of rotatable bonds is 16. The van der Waals surface area contributed by atoms with Gasteiger partial charge in [0, 0.05) is 13.0 Å². The molecule has 0 bridgehead atoms. The van der Waals surface area contributed by atoms with Crippen LogP contribution in [0.4, 0.5) is 4.79 Å². The van der Waals surface area contributed by atoms with Gasteiger partial charge in [-0.1, -0.05) is 70.4 Å². The molecular weight excluding hydrogens is 366 g/mol. The molecule has 0 aromatic rings. The van der Waals surface area contributed by atoms with Gasteiger partial charge in [-0.2, -0.15) is 0 Å². The minimum atomic E-state index is -1.25. The Morgan fingerprint density at radius 1 is 0.931 bits per heavy atom. The van der Waals surface area contributed by atoms with Crippen LogP contribution in [0.15, 0.2) is 12.2 Å². The summed E-state index contributed by atoms with van der Waals surface area (Å²) in [5.41, 5.74) is 0. The molecule has 0 aromatic carbocycles. The van der Waals surface area contributed by atoms with Crippen LogP contribution in [0.25, 0.3) is 0 Å². The number of likely N-dealkylation sites (tertiary alicyclic amines) is 1. The average Bonchev–Trinajstić information content (AvgIpc) is 2.70. The summed E-state index contributed by atoms with van der Waals surface area (Å²) in [4.78, 5) is 24.7. The van der Waals surface area contributed by atoms with E-state index >= 15 is 0 Å². The average molecular weight is 410 g/mol. The summed E-state index contributed by atoms with van der Waals surface area (Å²) in [6.45, 7) is 3.40. The topological polar surface area (TPSA) is 66.8 Å². The van der Waals surface area contributed by atoms with Gasteiger partial charge in [0.2, 0.25) is 5.91 Å². The fraction of sp³-hybridized carbons (Fsp3) is 0.833. The molecule has 0 spiro atoms. The van der Waals surface area contributed by atoms with Crippen molar-refractivity contribution in [2.24, 2.45) is 0 Å². The molecule has 1 saturated heterocycles. The molecule has 5 heteroatoms.